The molecule has 1 aliphatic rings. The van der Waals surface area contributed by atoms with Crippen LogP contribution >= 0.6 is 0 Å². The first-order valence-electron chi connectivity index (χ1n) is 4.76. The Hall–Kier alpha value is -0.980. The zero-order chi connectivity index (χ0) is 8.39. The van der Waals surface area contributed by atoms with E-state index in [1.54, 1.807) is 0 Å². The number of hydrogen-bond donors (Lipinski definition) is 1. The van der Waals surface area contributed by atoms with Gasteiger partial charge < -0.3 is 5.32 Å². The first-order valence-corrected chi connectivity index (χ1v) is 4.76. The molecular formula is C11H15N. The van der Waals surface area contributed by atoms with E-state index in [0.29, 0.717) is 0 Å². The molecule has 0 saturated carbocycles. The van der Waals surface area contributed by atoms with E-state index < -0.39 is 0 Å². The lowest BCUT2D eigenvalue weighted by Gasteiger charge is -2.02. The van der Waals surface area contributed by atoms with E-state index in [0.717, 1.165) is 6.54 Å². The molecule has 1 aromatic carbocycles. The summed E-state index contributed by atoms with van der Waals surface area (Å²) in [4.78, 5) is 0. The van der Waals surface area contributed by atoms with Crippen LogP contribution in [0.25, 0.3) is 0 Å². The third-order valence-electron chi connectivity index (χ3n) is 2.42. The highest BCUT2D eigenvalue weighted by Crippen LogP contribution is 2.23. The van der Waals surface area contributed by atoms with Gasteiger partial charge >= 0.3 is 0 Å². The molecule has 0 aliphatic carbocycles. The Labute approximate surface area is 73.8 Å². The molecule has 1 heterocycles. The second kappa shape index (κ2) is 3.18. The zero-order valence-electron chi connectivity index (χ0n) is 7.56. The summed E-state index contributed by atoms with van der Waals surface area (Å²) in [6, 6.07) is 6.82. The number of anilines is 1. The Morgan fingerprint density at radius 1 is 1.42 bits per heavy atom. The van der Waals surface area contributed by atoms with E-state index in [9.17, 15) is 0 Å². The highest BCUT2D eigenvalue weighted by Gasteiger charge is 2.08. The van der Waals surface area contributed by atoms with Crippen LogP contribution in [-0.4, -0.2) is 6.54 Å². The number of benzene rings is 1. The first-order chi connectivity index (χ1) is 5.90. The minimum absolute atomic E-state index is 1.12. The molecule has 64 valence electrons. The molecule has 0 radical (unpaired) electrons. The smallest absolute Gasteiger partial charge is 0.0376 e. The molecule has 0 spiro atoms. The standard InChI is InChI=1S/C11H15N/c1-2-3-9-4-5-10-6-7-12-11(10)8-9/h4-5,8,12H,2-3,6-7H2,1H3. The molecule has 1 heteroatoms. The maximum Gasteiger partial charge on any atom is 0.0376 e. The van der Waals surface area contributed by atoms with Crippen LogP contribution in [0.1, 0.15) is 24.5 Å². The van der Waals surface area contributed by atoms with Gasteiger partial charge in [-0.25, -0.2) is 0 Å². The number of hydrogen-bond acceptors (Lipinski definition) is 1. The van der Waals surface area contributed by atoms with Gasteiger partial charge in [-0.1, -0.05) is 25.5 Å². The van der Waals surface area contributed by atoms with Crippen LogP contribution in [0.2, 0.25) is 0 Å². The average Bonchev–Trinajstić information content (AvgIpc) is 2.51. The van der Waals surface area contributed by atoms with Crippen LogP contribution in [0.15, 0.2) is 18.2 Å². The predicted molar refractivity (Wildman–Crippen MR) is 52.6 cm³/mol. The summed E-state index contributed by atoms with van der Waals surface area (Å²) in [6.07, 6.45) is 3.63. The van der Waals surface area contributed by atoms with Crippen molar-refractivity contribution in [3.05, 3.63) is 29.3 Å². The second-order valence-electron chi connectivity index (χ2n) is 3.42. The van der Waals surface area contributed by atoms with Crippen LogP contribution in [-0.2, 0) is 12.8 Å². The van der Waals surface area contributed by atoms with Gasteiger partial charge in [-0.05, 0) is 30.0 Å². The lowest BCUT2D eigenvalue weighted by Crippen LogP contribution is -1.91. The van der Waals surface area contributed by atoms with Crippen molar-refractivity contribution in [1.29, 1.82) is 0 Å². The molecule has 1 N–H and O–H groups in total. The van der Waals surface area contributed by atoms with Gasteiger partial charge in [-0.15, -0.1) is 0 Å². The van der Waals surface area contributed by atoms with Crippen molar-refractivity contribution < 1.29 is 0 Å². The van der Waals surface area contributed by atoms with Crippen molar-refractivity contribution >= 4 is 5.69 Å². The average molecular weight is 161 g/mol. The Balaban J connectivity index is 2.26. The van der Waals surface area contributed by atoms with Crippen molar-refractivity contribution in [2.45, 2.75) is 26.2 Å². The Kier molecular flexibility index (Phi) is 2.03. The summed E-state index contributed by atoms with van der Waals surface area (Å²) in [5, 5.41) is 3.40. The quantitative estimate of drug-likeness (QED) is 0.703. The summed E-state index contributed by atoms with van der Waals surface area (Å²) in [5.41, 5.74) is 4.31. The fourth-order valence-corrected chi connectivity index (χ4v) is 1.78. The van der Waals surface area contributed by atoms with Gasteiger partial charge in [-0.2, -0.15) is 0 Å². The van der Waals surface area contributed by atoms with Gasteiger partial charge in [0.25, 0.3) is 0 Å². The molecule has 12 heavy (non-hydrogen) atoms. The predicted octanol–water partition coefficient (Wildman–Crippen LogP) is 2.61. The third kappa shape index (κ3) is 1.31. The molecule has 2 rings (SSSR count). The van der Waals surface area contributed by atoms with Crippen LogP contribution < -0.4 is 5.32 Å². The summed E-state index contributed by atoms with van der Waals surface area (Å²) in [5.74, 6) is 0. The zero-order valence-corrected chi connectivity index (χ0v) is 7.56. The molecule has 1 aliphatic heterocycles. The molecule has 0 aromatic heterocycles. The summed E-state index contributed by atoms with van der Waals surface area (Å²) < 4.78 is 0. The maximum atomic E-state index is 3.40. The van der Waals surface area contributed by atoms with Gasteiger partial charge in [0.1, 0.15) is 0 Å². The van der Waals surface area contributed by atoms with E-state index in [4.69, 9.17) is 0 Å². The molecular weight excluding hydrogens is 146 g/mol. The minimum Gasteiger partial charge on any atom is -0.384 e. The van der Waals surface area contributed by atoms with Crippen molar-refractivity contribution in [2.75, 3.05) is 11.9 Å². The Morgan fingerprint density at radius 2 is 2.33 bits per heavy atom. The largest absolute Gasteiger partial charge is 0.384 e. The highest BCUT2D eigenvalue weighted by atomic mass is 14.9. The van der Waals surface area contributed by atoms with Gasteiger partial charge in [0.2, 0.25) is 0 Å². The number of rotatable bonds is 2. The number of fused-ring (bicyclic) bond motifs is 1. The fourth-order valence-electron chi connectivity index (χ4n) is 1.78. The van der Waals surface area contributed by atoms with Gasteiger partial charge in [-0.3, -0.25) is 0 Å². The molecule has 0 bridgehead atoms. The molecule has 0 amide bonds. The van der Waals surface area contributed by atoms with Crippen LogP contribution in [0.5, 0.6) is 0 Å². The molecule has 0 unspecified atom stereocenters. The van der Waals surface area contributed by atoms with Crippen molar-refractivity contribution in [3.8, 4) is 0 Å². The van der Waals surface area contributed by atoms with Gasteiger partial charge in [0.15, 0.2) is 0 Å². The minimum atomic E-state index is 1.12. The Morgan fingerprint density at radius 3 is 3.17 bits per heavy atom. The second-order valence-corrected chi connectivity index (χ2v) is 3.42. The normalized spacial score (nSPS) is 14.1. The molecule has 1 aromatic rings. The topological polar surface area (TPSA) is 12.0 Å². The van der Waals surface area contributed by atoms with Crippen LogP contribution in [0.3, 0.4) is 0 Å². The van der Waals surface area contributed by atoms with E-state index in [-0.39, 0.29) is 0 Å². The van der Waals surface area contributed by atoms with Crippen molar-refractivity contribution in [2.24, 2.45) is 0 Å². The van der Waals surface area contributed by atoms with E-state index in [1.807, 2.05) is 0 Å². The summed E-state index contributed by atoms with van der Waals surface area (Å²) in [7, 11) is 0. The monoisotopic (exact) mass is 161 g/mol. The van der Waals surface area contributed by atoms with Crippen LogP contribution in [0, 0.1) is 0 Å². The number of aryl methyl sites for hydroxylation is 1. The van der Waals surface area contributed by atoms with E-state index in [1.165, 1.54) is 36.1 Å². The fraction of sp³-hybridized carbons (Fsp3) is 0.455. The lowest BCUT2D eigenvalue weighted by molar-refractivity contribution is 0.922. The van der Waals surface area contributed by atoms with Crippen molar-refractivity contribution in [1.82, 2.24) is 0 Å². The van der Waals surface area contributed by atoms with Gasteiger partial charge in [0, 0.05) is 12.2 Å². The number of nitrogens with one attached hydrogen (secondary N) is 1. The van der Waals surface area contributed by atoms with Crippen LogP contribution in [0.4, 0.5) is 5.69 Å². The molecule has 0 atom stereocenters. The third-order valence-corrected chi connectivity index (χ3v) is 2.42. The highest BCUT2D eigenvalue weighted by molar-refractivity contribution is 5.56. The van der Waals surface area contributed by atoms with Crippen molar-refractivity contribution in [3.63, 3.8) is 0 Å². The molecule has 0 saturated heterocycles. The van der Waals surface area contributed by atoms with E-state index in [2.05, 4.69) is 30.4 Å². The first kappa shape index (κ1) is 7.66. The molecule has 1 nitrogen and oxygen atoms in total. The van der Waals surface area contributed by atoms with Gasteiger partial charge in [0.05, 0.1) is 0 Å². The lowest BCUT2D eigenvalue weighted by atomic mass is 10.1. The molecule has 0 fully saturated rings. The SMILES string of the molecule is CCCc1ccc2c(c1)NCC2. The maximum absolute atomic E-state index is 3.40. The summed E-state index contributed by atoms with van der Waals surface area (Å²) in [6.45, 7) is 3.34. The van der Waals surface area contributed by atoms with E-state index >= 15 is 0 Å². The summed E-state index contributed by atoms with van der Waals surface area (Å²) >= 11 is 0. The Bertz CT molecular complexity index is 278.